The molecule has 0 saturated carbocycles. The summed E-state index contributed by atoms with van der Waals surface area (Å²) >= 11 is 5.00. The van der Waals surface area contributed by atoms with Gasteiger partial charge in [-0.2, -0.15) is 0 Å². The number of amidine groups is 1. The Morgan fingerprint density at radius 3 is 3.07 bits per heavy atom. The maximum absolute atomic E-state index is 12.9. The molecule has 4 rings (SSSR count). The molecule has 2 aromatic rings. The second kappa shape index (κ2) is 7.74. The van der Waals surface area contributed by atoms with Crippen LogP contribution in [0.15, 0.2) is 61.7 Å². The lowest BCUT2D eigenvalue weighted by molar-refractivity contribution is -0.116. The van der Waals surface area contributed by atoms with Crippen molar-refractivity contribution in [3.63, 3.8) is 0 Å². The molecule has 0 fully saturated rings. The van der Waals surface area contributed by atoms with Crippen molar-refractivity contribution in [3.05, 3.63) is 63.5 Å². The number of hydrogen-bond acceptors (Lipinski definition) is 6. The summed E-state index contributed by atoms with van der Waals surface area (Å²) in [6, 6.07) is 9.40. The molecule has 0 spiro atoms. The lowest BCUT2D eigenvalue weighted by Crippen LogP contribution is -2.52. The third-order valence-electron chi connectivity index (χ3n) is 4.02. The first-order valence-electron chi connectivity index (χ1n) is 8.57. The summed E-state index contributed by atoms with van der Waals surface area (Å²) < 4.78 is 6.25. The van der Waals surface area contributed by atoms with Crippen molar-refractivity contribution >= 4 is 50.5 Å². The summed E-state index contributed by atoms with van der Waals surface area (Å²) in [5.41, 5.74) is 0.497. The largest absolute Gasteiger partial charge is 0.465 e. The number of nitrogens with one attached hydrogen (secondary N) is 1. The van der Waals surface area contributed by atoms with E-state index in [-0.39, 0.29) is 5.91 Å². The monoisotopic (exact) mass is 444 g/mol. The molecular formula is C19H17BrN4O2S. The zero-order valence-electron chi connectivity index (χ0n) is 14.6. The van der Waals surface area contributed by atoms with E-state index in [0.29, 0.717) is 10.9 Å². The summed E-state index contributed by atoms with van der Waals surface area (Å²) in [7, 11) is 0. The minimum Gasteiger partial charge on any atom is -0.465 e. The molecule has 0 bridgehead atoms. The summed E-state index contributed by atoms with van der Waals surface area (Å²) in [4.78, 5) is 17.6. The van der Waals surface area contributed by atoms with Crippen LogP contribution < -0.4 is 15.9 Å². The molecule has 0 saturated heterocycles. The van der Waals surface area contributed by atoms with Gasteiger partial charge in [0.05, 0.1) is 11.6 Å². The van der Waals surface area contributed by atoms with Crippen molar-refractivity contribution in [1.29, 1.82) is 0 Å². The van der Waals surface area contributed by atoms with Crippen LogP contribution >= 0.6 is 27.7 Å². The van der Waals surface area contributed by atoms with Gasteiger partial charge in [-0.15, -0.1) is 5.10 Å². The van der Waals surface area contributed by atoms with Gasteiger partial charge in [-0.25, -0.2) is 5.01 Å². The number of rotatable bonds is 4. The van der Waals surface area contributed by atoms with Gasteiger partial charge in [0.15, 0.2) is 11.3 Å². The molecule has 2 aliphatic rings. The summed E-state index contributed by atoms with van der Waals surface area (Å²) in [5, 5.41) is 11.3. The number of amides is 1. The minimum absolute atomic E-state index is 0.172. The van der Waals surface area contributed by atoms with Crippen LogP contribution in [0, 0.1) is 0 Å². The van der Waals surface area contributed by atoms with Crippen LogP contribution in [-0.4, -0.2) is 28.0 Å². The molecule has 27 heavy (non-hydrogen) atoms. The van der Waals surface area contributed by atoms with E-state index in [0.717, 1.165) is 33.0 Å². The predicted octanol–water partition coefficient (Wildman–Crippen LogP) is 2.67. The Labute approximate surface area is 168 Å². The number of hydrogen-bond donors (Lipinski definition) is 1. The summed E-state index contributed by atoms with van der Waals surface area (Å²) in [6.45, 7) is 2.09. The van der Waals surface area contributed by atoms with E-state index >= 15 is 0 Å². The van der Waals surface area contributed by atoms with Gasteiger partial charge in [-0.3, -0.25) is 15.1 Å². The first-order chi connectivity index (χ1) is 13.2. The molecule has 1 atom stereocenters. The molecule has 1 aromatic carbocycles. The molecular weight excluding hydrogens is 428 g/mol. The smallest absolute Gasteiger partial charge is 0.276 e. The van der Waals surface area contributed by atoms with Gasteiger partial charge < -0.3 is 4.42 Å². The summed E-state index contributed by atoms with van der Waals surface area (Å²) in [5.74, 6) is 1.43. The van der Waals surface area contributed by atoms with E-state index in [1.807, 2.05) is 42.5 Å². The van der Waals surface area contributed by atoms with Crippen LogP contribution in [0.4, 0.5) is 0 Å². The molecule has 8 heteroatoms. The second-order valence-electron chi connectivity index (χ2n) is 5.98. The second-order valence-corrected chi connectivity index (χ2v) is 7.98. The number of hydrazone groups is 1. The van der Waals surface area contributed by atoms with Gasteiger partial charge in [-0.05, 0) is 48.9 Å². The standard InChI is InChI=1S/C19H17BrN4O2S/c1-2-10-27-19-22-18(25)17-14-11-12(20)5-7-15(14)21-16(24(17)23-19)8-6-13-4-3-9-26-13/h3-9,11,16H,2,10H2,1H3,(H,22,23,25)/b8-6+. The Hall–Kier alpha value is -2.32. The molecule has 138 valence electrons. The Balaban J connectivity index is 1.82. The third kappa shape index (κ3) is 3.72. The van der Waals surface area contributed by atoms with Gasteiger partial charge in [0.25, 0.3) is 5.91 Å². The molecule has 1 aromatic heterocycles. The molecule has 0 radical (unpaired) electrons. The normalized spacial score (nSPS) is 18.7. The van der Waals surface area contributed by atoms with Gasteiger partial charge in [-0.1, -0.05) is 34.6 Å². The molecule has 1 unspecified atom stereocenters. The fourth-order valence-corrected chi connectivity index (χ4v) is 3.90. The minimum atomic E-state index is -0.429. The highest BCUT2D eigenvalue weighted by Gasteiger charge is 2.32. The lowest BCUT2D eigenvalue weighted by Gasteiger charge is -2.32. The molecule has 1 amide bonds. The number of carbonyl (C=O) groups is 1. The average molecular weight is 445 g/mol. The third-order valence-corrected chi connectivity index (χ3v) is 5.58. The van der Waals surface area contributed by atoms with Crippen LogP contribution in [0.25, 0.3) is 11.8 Å². The van der Waals surface area contributed by atoms with E-state index in [2.05, 4.69) is 33.3 Å². The van der Waals surface area contributed by atoms with Crippen molar-refractivity contribution < 1.29 is 9.21 Å². The predicted molar refractivity (Wildman–Crippen MR) is 110 cm³/mol. The van der Waals surface area contributed by atoms with E-state index in [1.165, 1.54) is 11.8 Å². The first kappa shape index (κ1) is 18.1. The highest BCUT2D eigenvalue weighted by molar-refractivity contribution is 9.10. The highest BCUT2D eigenvalue weighted by atomic mass is 79.9. The fourth-order valence-electron chi connectivity index (χ4n) is 2.83. The van der Waals surface area contributed by atoms with Gasteiger partial charge >= 0.3 is 0 Å². The van der Waals surface area contributed by atoms with Gasteiger partial charge in [0.2, 0.25) is 0 Å². The average Bonchev–Trinajstić information content (AvgIpc) is 3.18. The van der Waals surface area contributed by atoms with Crippen LogP contribution in [0.3, 0.4) is 0 Å². The van der Waals surface area contributed by atoms with E-state index in [9.17, 15) is 4.79 Å². The van der Waals surface area contributed by atoms with Crippen molar-refractivity contribution in [1.82, 2.24) is 10.3 Å². The zero-order valence-corrected chi connectivity index (χ0v) is 17.0. The first-order valence-corrected chi connectivity index (χ1v) is 10.3. The summed E-state index contributed by atoms with van der Waals surface area (Å²) in [6.07, 6.45) is 5.92. The van der Waals surface area contributed by atoms with Crippen LogP contribution in [0.2, 0.25) is 0 Å². The number of benzene rings is 1. The number of fused-ring (bicyclic) bond motifs is 2. The van der Waals surface area contributed by atoms with E-state index in [4.69, 9.17) is 9.41 Å². The van der Waals surface area contributed by atoms with Gasteiger partial charge in [0, 0.05) is 15.4 Å². The van der Waals surface area contributed by atoms with Crippen molar-refractivity contribution in [2.45, 2.75) is 19.5 Å². The number of thioether (sulfide) groups is 1. The van der Waals surface area contributed by atoms with Crippen molar-refractivity contribution in [2.75, 3.05) is 5.75 Å². The Bertz CT molecular complexity index is 1050. The molecule has 1 N–H and O–H groups in total. The van der Waals surface area contributed by atoms with E-state index < -0.39 is 6.17 Å². The molecule has 0 aliphatic carbocycles. The maximum Gasteiger partial charge on any atom is 0.276 e. The van der Waals surface area contributed by atoms with E-state index in [1.54, 1.807) is 11.3 Å². The SMILES string of the molecule is CCCSC1=NN2C(=c3cc(Br)ccc3=NC2/C=C/c2ccco2)C(=O)N1. The number of carbonyl (C=O) groups excluding carboxylic acids is 1. The Kier molecular flexibility index (Phi) is 5.18. The fraction of sp³-hybridized carbons (Fsp3) is 0.211. The topological polar surface area (TPSA) is 70.2 Å². The Morgan fingerprint density at radius 1 is 1.41 bits per heavy atom. The quantitative estimate of drug-likeness (QED) is 0.786. The maximum atomic E-state index is 12.9. The molecule has 6 nitrogen and oxygen atoms in total. The Morgan fingerprint density at radius 2 is 2.30 bits per heavy atom. The lowest BCUT2D eigenvalue weighted by atomic mass is 10.1. The highest BCUT2D eigenvalue weighted by Crippen LogP contribution is 2.22. The zero-order chi connectivity index (χ0) is 18.8. The van der Waals surface area contributed by atoms with Crippen LogP contribution in [0.5, 0.6) is 0 Å². The number of halogens is 1. The van der Waals surface area contributed by atoms with Crippen molar-refractivity contribution in [2.24, 2.45) is 10.1 Å². The number of nitrogens with zero attached hydrogens (tertiary/aromatic N) is 3. The number of furan rings is 1. The van der Waals surface area contributed by atoms with Crippen molar-refractivity contribution in [3.8, 4) is 0 Å². The molecule has 3 heterocycles. The van der Waals surface area contributed by atoms with Crippen LogP contribution in [0.1, 0.15) is 19.1 Å². The van der Waals surface area contributed by atoms with Crippen LogP contribution in [-0.2, 0) is 4.79 Å². The molecule has 2 aliphatic heterocycles. The van der Waals surface area contributed by atoms with Gasteiger partial charge in [0.1, 0.15) is 11.5 Å².